The van der Waals surface area contributed by atoms with Gasteiger partial charge in [-0.1, -0.05) is 62.4 Å². The van der Waals surface area contributed by atoms with Gasteiger partial charge in [0.05, 0.1) is 5.92 Å². The molecule has 0 heterocycles. The molecule has 0 amide bonds. The average molecular weight is 343 g/mol. The number of benzene rings is 1. The molecule has 2 aliphatic carbocycles. The summed E-state index contributed by atoms with van der Waals surface area (Å²) in [5.74, 6) is 0.934. The molecule has 2 aliphatic rings. The van der Waals surface area contributed by atoms with Crippen LogP contribution in [-0.4, -0.2) is 11.1 Å². The van der Waals surface area contributed by atoms with Gasteiger partial charge in [-0.05, 0) is 68.3 Å². The van der Waals surface area contributed by atoms with E-state index in [0.29, 0.717) is 0 Å². The van der Waals surface area contributed by atoms with E-state index >= 15 is 0 Å². The largest absolute Gasteiger partial charge is 0.481 e. The number of aliphatic carboxylic acids is 1. The highest BCUT2D eigenvalue weighted by molar-refractivity contribution is 5.70. The Morgan fingerprint density at radius 3 is 2.16 bits per heavy atom. The van der Waals surface area contributed by atoms with E-state index in [9.17, 15) is 9.90 Å². The SMILES string of the molecule is CCCC1CCC(C2(c3ccc(C)cc3)CCC(C(=O)O)CC2)CC1. The molecule has 2 saturated carbocycles. The summed E-state index contributed by atoms with van der Waals surface area (Å²) in [6.07, 6.45) is 11.9. The molecule has 0 radical (unpaired) electrons. The van der Waals surface area contributed by atoms with Crippen LogP contribution in [0.5, 0.6) is 0 Å². The quantitative estimate of drug-likeness (QED) is 0.700. The fourth-order valence-corrected chi connectivity index (χ4v) is 5.61. The average Bonchev–Trinajstić information content (AvgIpc) is 2.63. The molecule has 2 heteroatoms. The third kappa shape index (κ3) is 3.93. The summed E-state index contributed by atoms with van der Waals surface area (Å²) < 4.78 is 0. The monoisotopic (exact) mass is 342 g/mol. The Kier molecular flexibility index (Phi) is 5.86. The fraction of sp³-hybridized carbons (Fsp3) is 0.696. The minimum absolute atomic E-state index is 0.130. The maximum absolute atomic E-state index is 11.4. The Balaban J connectivity index is 1.81. The standard InChI is InChI=1S/C23H34O2/c1-3-4-18-7-11-21(12-8-18)23(20-9-5-17(2)6-10-20)15-13-19(14-16-23)22(24)25/h5-6,9-10,18-19,21H,3-4,7-8,11-16H2,1-2H3,(H,24,25). The highest BCUT2D eigenvalue weighted by Crippen LogP contribution is 2.52. The van der Waals surface area contributed by atoms with Gasteiger partial charge in [0, 0.05) is 0 Å². The molecule has 0 atom stereocenters. The van der Waals surface area contributed by atoms with E-state index in [1.807, 2.05) is 0 Å². The molecular formula is C23H34O2. The second-order valence-electron chi connectivity index (χ2n) is 8.64. The first-order chi connectivity index (χ1) is 12.0. The second-order valence-corrected chi connectivity index (χ2v) is 8.64. The minimum Gasteiger partial charge on any atom is -0.481 e. The van der Waals surface area contributed by atoms with Crippen molar-refractivity contribution in [1.29, 1.82) is 0 Å². The lowest BCUT2D eigenvalue weighted by Gasteiger charge is -2.48. The lowest BCUT2D eigenvalue weighted by atomic mass is 9.56. The van der Waals surface area contributed by atoms with Crippen molar-refractivity contribution in [3.05, 3.63) is 35.4 Å². The molecule has 3 rings (SSSR count). The molecule has 25 heavy (non-hydrogen) atoms. The van der Waals surface area contributed by atoms with Crippen LogP contribution in [-0.2, 0) is 10.2 Å². The molecule has 2 nitrogen and oxygen atoms in total. The Morgan fingerprint density at radius 1 is 1.04 bits per heavy atom. The molecule has 0 bridgehead atoms. The third-order valence-electron chi connectivity index (χ3n) is 7.18. The highest BCUT2D eigenvalue weighted by Gasteiger charge is 2.45. The number of carbonyl (C=O) groups is 1. The number of carboxylic acid groups (broad SMARTS) is 1. The molecule has 0 spiro atoms. The predicted octanol–water partition coefficient (Wildman–Crippen LogP) is 6.11. The fourth-order valence-electron chi connectivity index (χ4n) is 5.61. The first kappa shape index (κ1) is 18.5. The maximum Gasteiger partial charge on any atom is 0.306 e. The van der Waals surface area contributed by atoms with Gasteiger partial charge < -0.3 is 5.11 Å². The molecule has 138 valence electrons. The molecule has 1 N–H and O–H groups in total. The molecule has 1 aromatic carbocycles. The Morgan fingerprint density at radius 2 is 1.64 bits per heavy atom. The van der Waals surface area contributed by atoms with Gasteiger partial charge in [-0.3, -0.25) is 4.79 Å². The van der Waals surface area contributed by atoms with E-state index in [4.69, 9.17) is 0 Å². The van der Waals surface area contributed by atoms with E-state index in [2.05, 4.69) is 38.1 Å². The summed E-state index contributed by atoms with van der Waals surface area (Å²) in [4.78, 5) is 11.4. The number of aryl methyl sites for hydroxylation is 1. The van der Waals surface area contributed by atoms with Crippen LogP contribution in [0.25, 0.3) is 0 Å². The molecule has 2 fully saturated rings. The van der Waals surface area contributed by atoms with Gasteiger partial charge in [-0.25, -0.2) is 0 Å². The van der Waals surface area contributed by atoms with E-state index in [-0.39, 0.29) is 11.3 Å². The summed E-state index contributed by atoms with van der Waals surface area (Å²) >= 11 is 0. The van der Waals surface area contributed by atoms with Crippen molar-refractivity contribution in [2.45, 2.75) is 83.5 Å². The van der Waals surface area contributed by atoms with Crippen molar-refractivity contribution in [2.24, 2.45) is 17.8 Å². The van der Waals surface area contributed by atoms with E-state index in [1.165, 1.54) is 49.7 Å². The van der Waals surface area contributed by atoms with Crippen LogP contribution < -0.4 is 0 Å². The van der Waals surface area contributed by atoms with E-state index < -0.39 is 5.97 Å². The smallest absolute Gasteiger partial charge is 0.306 e. The Bertz CT molecular complexity index is 558. The Hall–Kier alpha value is -1.31. The van der Waals surface area contributed by atoms with Gasteiger partial charge in [-0.15, -0.1) is 0 Å². The van der Waals surface area contributed by atoms with Crippen LogP contribution in [0.1, 0.15) is 82.3 Å². The van der Waals surface area contributed by atoms with Crippen molar-refractivity contribution in [1.82, 2.24) is 0 Å². The zero-order valence-electron chi connectivity index (χ0n) is 16.0. The van der Waals surface area contributed by atoms with Crippen LogP contribution in [0.3, 0.4) is 0 Å². The van der Waals surface area contributed by atoms with Gasteiger partial charge in [-0.2, -0.15) is 0 Å². The van der Waals surface area contributed by atoms with Gasteiger partial charge in [0.2, 0.25) is 0 Å². The number of hydrogen-bond acceptors (Lipinski definition) is 1. The molecule has 0 aliphatic heterocycles. The number of hydrogen-bond donors (Lipinski definition) is 1. The van der Waals surface area contributed by atoms with E-state index in [0.717, 1.165) is 37.5 Å². The first-order valence-electron chi connectivity index (χ1n) is 10.3. The molecule has 0 unspecified atom stereocenters. The second kappa shape index (κ2) is 7.93. The van der Waals surface area contributed by atoms with Crippen molar-refractivity contribution in [3.8, 4) is 0 Å². The van der Waals surface area contributed by atoms with Crippen LogP contribution in [0.15, 0.2) is 24.3 Å². The predicted molar refractivity (Wildman–Crippen MR) is 103 cm³/mol. The Labute approximate surface area is 153 Å². The lowest BCUT2D eigenvalue weighted by molar-refractivity contribution is -0.143. The number of rotatable bonds is 5. The summed E-state index contributed by atoms with van der Waals surface area (Å²) in [6, 6.07) is 9.13. The molecule has 0 aromatic heterocycles. The third-order valence-corrected chi connectivity index (χ3v) is 7.18. The van der Waals surface area contributed by atoms with Gasteiger partial charge >= 0.3 is 5.97 Å². The van der Waals surface area contributed by atoms with Crippen molar-refractivity contribution < 1.29 is 9.90 Å². The molecule has 0 saturated heterocycles. The van der Waals surface area contributed by atoms with Crippen molar-refractivity contribution in [2.75, 3.05) is 0 Å². The van der Waals surface area contributed by atoms with Crippen LogP contribution in [0, 0.1) is 24.7 Å². The topological polar surface area (TPSA) is 37.3 Å². The first-order valence-corrected chi connectivity index (χ1v) is 10.3. The zero-order valence-corrected chi connectivity index (χ0v) is 16.0. The van der Waals surface area contributed by atoms with Gasteiger partial charge in [0.15, 0.2) is 0 Å². The van der Waals surface area contributed by atoms with Crippen LogP contribution in [0.4, 0.5) is 0 Å². The number of carboxylic acids is 1. The van der Waals surface area contributed by atoms with Crippen LogP contribution >= 0.6 is 0 Å². The summed E-state index contributed by atoms with van der Waals surface area (Å²) in [6.45, 7) is 4.45. The van der Waals surface area contributed by atoms with Crippen molar-refractivity contribution >= 4 is 5.97 Å². The summed E-state index contributed by atoms with van der Waals surface area (Å²) in [5.41, 5.74) is 3.00. The highest BCUT2D eigenvalue weighted by atomic mass is 16.4. The van der Waals surface area contributed by atoms with Gasteiger partial charge in [0.25, 0.3) is 0 Å². The zero-order chi connectivity index (χ0) is 17.9. The normalized spacial score (nSPS) is 33.1. The van der Waals surface area contributed by atoms with E-state index in [1.54, 1.807) is 0 Å². The van der Waals surface area contributed by atoms with Crippen molar-refractivity contribution in [3.63, 3.8) is 0 Å². The van der Waals surface area contributed by atoms with Crippen LogP contribution in [0.2, 0.25) is 0 Å². The summed E-state index contributed by atoms with van der Waals surface area (Å²) in [5, 5.41) is 9.42. The molecular weight excluding hydrogens is 308 g/mol. The minimum atomic E-state index is -0.593. The molecule has 1 aromatic rings. The van der Waals surface area contributed by atoms with Gasteiger partial charge in [0.1, 0.15) is 0 Å². The maximum atomic E-state index is 11.4. The summed E-state index contributed by atoms with van der Waals surface area (Å²) in [7, 11) is 0. The lowest BCUT2D eigenvalue weighted by Crippen LogP contribution is -2.42.